The number of fused-ring (bicyclic) bond motifs is 2. The minimum absolute atomic E-state index is 1.10. The van der Waals surface area contributed by atoms with Gasteiger partial charge in [-0.15, -0.1) is 0 Å². The van der Waals surface area contributed by atoms with Crippen LogP contribution in [0.15, 0.2) is 12.1 Å². The largest absolute Gasteiger partial charge is 0.352 e. The fraction of sp³-hybridized carbons (Fsp3) is 0.893. The molecule has 2 aliphatic heterocycles. The summed E-state index contributed by atoms with van der Waals surface area (Å²) in [5.41, 5.74) is 6.19. The second-order valence-electron chi connectivity index (χ2n) is 19.9. The molecule has 2 heterocycles. The molecule has 0 N–H and O–H groups in total. The van der Waals surface area contributed by atoms with Crippen LogP contribution in [-0.2, 0) is 0 Å². The van der Waals surface area contributed by atoms with Gasteiger partial charge in [0.25, 0.3) is 0 Å². The highest BCUT2D eigenvalue weighted by atomic mass is 15.4. The minimum Gasteiger partial charge on any atom is -0.352 e. The van der Waals surface area contributed by atoms with Crippen LogP contribution in [0.4, 0.5) is 22.7 Å². The topological polar surface area (TPSA) is 13.0 Å². The van der Waals surface area contributed by atoms with Gasteiger partial charge in [-0.05, 0) is 37.8 Å². The molecule has 0 spiro atoms. The van der Waals surface area contributed by atoms with E-state index in [1.54, 1.807) is 22.7 Å². The SMILES string of the molecule is CCCCCCCCCCCCN1CN(CCCCCCCCCCCC)c2cc3c(cc21)N(CCCCCCCCCCCC)CN3CCCCCCCCCCCC. The van der Waals surface area contributed by atoms with Crippen molar-refractivity contribution in [3.05, 3.63) is 12.1 Å². The number of rotatable bonds is 44. The Bertz CT molecular complexity index is 939. The first-order valence-electron chi connectivity index (χ1n) is 27.9. The van der Waals surface area contributed by atoms with Crippen molar-refractivity contribution in [2.24, 2.45) is 0 Å². The van der Waals surface area contributed by atoms with E-state index in [9.17, 15) is 0 Å². The van der Waals surface area contributed by atoms with Crippen molar-refractivity contribution in [2.45, 2.75) is 285 Å². The maximum Gasteiger partial charge on any atom is 0.0904 e. The molecule has 4 heteroatoms. The van der Waals surface area contributed by atoms with Crippen LogP contribution in [0.1, 0.15) is 285 Å². The quantitative estimate of drug-likeness (QED) is 0.0607. The summed E-state index contributed by atoms with van der Waals surface area (Å²) >= 11 is 0. The van der Waals surface area contributed by atoms with Gasteiger partial charge < -0.3 is 19.6 Å². The summed E-state index contributed by atoms with van der Waals surface area (Å²) in [6.07, 6.45) is 56.6. The maximum atomic E-state index is 2.79. The Labute approximate surface area is 377 Å². The second kappa shape index (κ2) is 36.9. The van der Waals surface area contributed by atoms with Gasteiger partial charge in [-0.25, -0.2) is 0 Å². The summed E-state index contributed by atoms with van der Waals surface area (Å²) in [4.78, 5) is 11.2. The molecule has 0 saturated carbocycles. The molecule has 0 radical (unpaired) electrons. The lowest BCUT2D eigenvalue weighted by Crippen LogP contribution is -2.33. The Morgan fingerprint density at radius 1 is 0.233 bits per heavy atom. The molecule has 0 atom stereocenters. The van der Waals surface area contributed by atoms with E-state index >= 15 is 0 Å². The Hall–Kier alpha value is -1.58. The molecule has 0 unspecified atom stereocenters. The lowest BCUT2D eigenvalue weighted by molar-refractivity contribution is 0.549. The van der Waals surface area contributed by atoms with E-state index in [1.165, 1.54) is 283 Å². The number of hydrogen-bond acceptors (Lipinski definition) is 4. The van der Waals surface area contributed by atoms with Crippen LogP contribution in [0, 0.1) is 0 Å². The summed E-state index contributed by atoms with van der Waals surface area (Å²) < 4.78 is 0. The van der Waals surface area contributed by atoms with Gasteiger partial charge in [0.05, 0.1) is 36.1 Å². The molecule has 4 nitrogen and oxygen atoms in total. The Morgan fingerprint density at radius 3 is 0.550 bits per heavy atom. The van der Waals surface area contributed by atoms with Crippen molar-refractivity contribution in [1.29, 1.82) is 0 Å². The van der Waals surface area contributed by atoms with Crippen molar-refractivity contribution >= 4 is 22.7 Å². The average molecular weight is 835 g/mol. The van der Waals surface area contributed by atoms with Gasteiger partial charge in [-0.1, -0.05) is 259 Å². The van der Waals surface area contributed by atoms with Gasteiger partial charge in [-0.3, -0.25) is 0 Å². The van der Waals surface area contributed by atoms with Gasteiger partial charge in [-0.2, -0.15) is 0 Å². The van der Waals surface area contributed by atoms with E-state index in [2.05, 4.69) is 59.4 Å². The minimum atomic E-state index is 1.10. The molecule has 0 aliphatic carbocycles. The van der Waals surface area contributed by atoms with Crippen LogP contribution in [-0.4, -0.2) is 39.5 Å². The van der Waals surface area contributed by atoms with Crippen LogP contribution >= 0.6 is 0 Å². The monoisotopic (exact) mass is 835 g/mol. The molecule has 0 fully saturated rings. The fourth-order valence-electron chi connectivity index (χ4n) is 10.2. The molecule has 0 amide bonds. The van der Waals surface area contributed by atoms with E-state index in [0.717, 1.165) is 13.3 Å². The maximum absolute atomic E-state index is 2.79. The molecular weight excluding hydrogens is 729 g/mol. The van der Waals surface area contributed by atoms with Crippen molar-refractivity contribution in [1.82, 2.24) is 0 Å². The van der Waals surface area contributed by atoms with Crippen LogP contribution in [0.25, 0.3) is 0 Å². The summed E-state index contributed by atoms with van der Waals surface area (Å²) in [7, 11) is 0. The lowest BCUT2D eigenvalue weighted by Gasteiger charge is -2.23. The highest BCUT2D eigenvalue weighted by Crippen LogP contribution is 2.47. The first kappa shape index (κ1) is 52.8. The lowest BCUT2D eigenvalue weighted by atomic mass is 10.1. The van der Waals surface area contributed by atoms with E-state index in [0.29, 0.717) is 0 Å². The predicted molar refractivity (Wildman–Crippen MR) is 273 cm³/mol. The third kappa shape index (κ3) is 23.2. The zero-order valence-corrected chi connectivity index (χ0v) is 41.5. The van der Waals surface area contributed by atoms with Crippen LogP contribution in [0.5, 0.6) is 0 Å². The first-order chi connectivity index (χ1) is 29.7. The third-order valence-corrected chi connectivity index (χ3v) is 14.2. The Kier molecular flexibility index (Phi) is 32.4. The molecular formula is C56H106N4. The molecule has 0 saturated heterocycles. The number of anilines is 4. The molecule has 60 heavy (non-hydrogen) atoms. The summed E-state index contributed by atoms with van der Waals surface area (Å²) in [6.45, 7) is 16.4. The van der Waals surface area contributed by atoms with Crippen molar-refractivity contribution < 1.29 is 0 Å². The van der Waals surface area contributed by atoms with Gasteiger partial charge in [0.15, 0.2) is 0 Å². The number of nitrogens with zero attached hydrogens (tertiary/aromatic N) is 4. The first-order valence-corrected chi connectivity index (χ1v) is 27.9. The number of unbranched alkanes of at least 4 members (excludes halogenated alkanes) is 36. The average Bonchev–Trinajstić information content (AvgIpc) is 3.78. The van der Waals surface area contributed by atoms with Crippen LogP contribution in [0.3, 0.4) is 0 Å². The summed E-state index contributed by atoms with van der Waals surface area (Å²) in [5, 5.41) is 0. The zero-order chi connectivity index (χ0) is 42.6. The van der Waals surface area contributed by atoms with Gasteiger partial charge in [0.1, 0.15) is 0 Å². The summed E-state index contributed by atoms with van der Waals surface area (Å²) in [5.74, 6) is 0. The van der Waals surface area contributed by atoms with E-state index in [1.807, 2.05) is 0 Å². The van der Waals surface area contributed by atoms with E-state index in [4.69, 9.17) is 0 Å². The highest BCUT2D eigenvalue weighted by Gasteiger charge is 2.33. The summed E-state index contributed by atoms with van der Waals surface area (Å²) in [6, 6.07) is 5.35. The predicted octanol–water partition coefficient (Wildman–Crippen LogP) is 18.5. The van der Waals surface area contributed by atoms with Gasteiger partial charge in [0, 0.05) is 26.2 Å². The second-order valence-corrected chi connectivity index (χ2v) is 19.9. The number of benzene rings is 1. The fourth-order valence-corrected chi connectivity index (χ4v) is 10.2. The van der Waals surface area contributed by atoms with Gasteiger partial charge in [0.2, 0.25) is 0 Å². The van der Waals surface area contributed by atoms with E-state index < -0.39 is 0 Å². The third-order valence-electron chi connectivity index (χ3n) is 14.2. The zero-order valence-electron chi connectivity index (χ0n) is 41.5. The molecule has 2 aliphatic rings. The molecule has 3 rings (SSSR count). The van der Waals surface area contributed by atoms with Crippen LogP contribution in [0.2, 0.25) is 0 Å². The Morgan fingerprint density at radius 2 is 0.383 bits per heavy atom. The molecule has 1 aromatic rings. The normalized spacial score (nSPS) is 13.7. The van der Waals surface area contributed by atoms with Crippen molar-refractivity contribution in [3.63, 3.8) is 0 Å². The van der Waals surface area contributed by atoms with Crippen molar-refractivity contribution in [3.8, 4) is 0 Å². The molecule has 1 aromatic carbocycles. The van der Waals surface area contributed by atoms with Crippen LogP contribution < -0.4 is 19.6 Å². The standard InChI is InChI=1S/C56H106N4/c1-5-9-13-17-21-25-29-33-37-41-45-57-51-58(46-42-38-34-30-26-22-18-14-10-6-2)54-50-56-55(49-53(54)57)59(47-43-39-35-31-27-23-19-15-11-7-3)52-60(56)48-44-40-36-32-28-24-20-16-12-8-4/h49-50H,5-48,51-52H2,1-4H3. The number of hydrogen-bond donors (Lipinski definition) is 0. The van der Waals surface area contributed by atoms with Crippen molar-refractivity contribution in [2.75, 3.05) is 59.1 Å². The smallest absolute Gasteiger partial charge is 0.0904 e. The molecule has 0 aromatic heterocycles. The highest BCUT2D eigenvalue weighted by molar-refractivity contribution is 5.90. The Balaban J connectivity index is 1.60. The molecule has 350 valence electrons. The van der Waals surface area contributed by atoms with Gasteiger partial charge >= 0.3 is 0 Å². The van der Waals surface area contributed by atoms with E-state index in [-0.39, 0.29) is 0 Å². The molecule has 0 bridgehead atoms.